The molecule has 2 aromatic rings. The van der Waals surface area contributed by atoms with E-state index in [1.807, 2.05) is 6.07 Å². The van der Waals surface area contributed by atoms with Crippen molar-refractivity contribution in [2.24, 2.45) is 0 Å². The zero-order valence-corrected chi connectivity index (χ0v) is 15.3. The van der Waals surface area contributed by atoms with Crippen molar-refractivity contribution in [1.82, 2.24) is 0 Å². The number of para-hydroxylation sites is 1. The monoisotopic (exact) mass is 377 g/mol. The molecule has 0 aliphatic carbocycles. The van der Waals surface area contributed by atoms with Crippen LogP contribution in [0.5, 0.6) is 0 Å². The maximum absolute atomic E-state index is 12.4. The molecule has 7 nitrogen and oxygen atoms in total. The normalized spacial score (nSPS) is 14.3. The van der Waals surface area contributed by atoms with Crippen molar-refractivity contribution in [3.05, 3.63) is 59.7 Å². The number of carbonyl (C=O) groups is 3. The number of nitriles is 1. The summed E-state index contributed by atoms with van der Waals surface area (Å²) in [4.78, 5) is 38.3. The first-order chi connectivity index (χ1) is 13.5. The van der Waals surface area contributed by atoms with Crippen LogP contribution in [-0.2, 0) is 14.3 Å². The fourth-order valence-corrected chi connectivity index (χ4v) is 2.93. The Labute approximate surface area is 162 Å². The molecule has 1 N–H and O–H groups in total. The third kappa shape index (κ3) is 4.18. The van der Waals surface area contributed by atoms with E-state index in [0.717, 1.165) is 6.42 Å². The standard InChI is InChI=1S/C21H19N3O4/c1-14(20(26)23-18-9-3-2-6-16(18)13-22)28-21(27)15-7-4-8-17(12-15)24-11-5-10-19(24)25/h2-4,6-9,12,14H,5,10-11H2,1H3,(H,23,26)/t14-/m0/s1. The molecular formula is C21H19N3O4. The molecule has 0 bridgehead atoms. The molecule has 1 fully saturated rings. The number of anilines is 2. The number of hydrogen-bond acceptors (Lipinski definition) is 5. The number of benzene rings is 2. The van der Waals surface area contributed by atoms with Crippen LogP contribution in [0.2, 0.25) is 0 Å². The summed E-state index contributed by atoms with van der Waals surface area (Å²) >= 11 is 0. The van der Waals surface area contributed by atoms with Gasteiger partial charge >= 0.3 is 5.97 Å². The summed E-state index contributed by atoms with van der Waals surface area (Å²) in [5, 5.41) is 11.7. The van der Waals surface area contributed by atoms with Crippen molar-refractivity contribution >= 4 is 29.2 Å². The minimum Gasteiger partial charge on any atom is -0.449 e. The highest BCUT2D eigenvalue weighted by molar-refractivity contribution is 5.99. The minimum atomic E-state index is -1.06. The molecule has 0 unspecified atom stereocenters. The van der Waals surface area contributed by atoms with Gasteiger partial charge in [0, 0.05) is 18.7 Å². The van der Waals surface area contributed by atoms with Crippen molar-refractivity contribution < 1.29 is 19.1 Å². The van der Waals surface area contributed by atoms with E-state index in [9.17, 15) is 14.4 Å². The van der Waals surface area contributed by atoms with E-state index in [1.54, 1.807) is 53.4 Å². The van der Waals surface area contributed by atoms with Gasteiger partial charge in [-0.25, -0.2) is 4.79 Å². The van der Waals surface area contributed by atoms with Crippen LogP contribution in [0.25, 0.3) is 0 Å². The molecule has 0 aromatic heterocycles. The summed E-state index contributed by atoms with van der Waals surface area (Å²) in [6.45, 7) is 2.07. The second-order valence-electron chi connectivity index (χ2n) is 6.39. The number of nitrogens with zero attached hydrogens (tertiary/aromatic N) is 2. The molecule has 1 saturated heterocycles. The summed E-state index contributed by atoms with van der Waals surface area (Å²) in [6, 6.07) is 15.1. The van der Waals surface area contributed by atoms with Crippen LogP contribution < -0.4 is 10.2 Å². The summed E-state index contributed by atoms with van der Waals surface area (Å²) in [5.74, 6) is -1.18. The molecule has 1 aliphatic rings. The Hall–Kier alpha value is -3.66. The van der Waals surface area contributed by atoms with Crippen molar-refractivity contribution in [1.29, 1.82) is 5.26 Å². The van der Waals surface area contributed by atoms with Crippen LogP contribution in [0.1, 0.15) is 35.7 Å². The van der Waals surface area contributed by atoms with Gasteiger partial charge in [-0.05, 0) is 43.7 Å². The molecule has 2 amide bonds. The largest absolute Gasteiger partial charge is 0.449 e. The molecule has 1 aliphatic heterocycles. The minimum absolute atomic E-state index is 0.0226. The van der Waals surface area contributed by atoms with E-state index in [0.29, 0.717) is 29.9 Å². The average Bonchev–Trinajstić information content (AvgIpc) is 3.14. The van der Waals surface area contributed by atoms with E-state index in [2.05, 4.69) is 5.32 Å². The molecule has 3 rings (SSSR count). The highest BCUT2D eigenvalue weighted by atomic mass is 16.5. The van der Waals surface area contributed by atoms with Gasteiger partial charge < -0.3 is 15.0 Å². The van der Waals surface area contributed by atoms with Crippen molar-refractivity contribution in [3.63, 3.8) is 0 Å². The van der Waals surface area contributed by atoms with Crippen LogP contribution in [0.15, 0.2) is 48.5 Å². The van der Waals surface area contributed by atoms with Crippen LogP contribution in [0.4, 0.5) is 11.4 Å². The first-order valence-corrected chi connectivity index (χ1v) is 8.91. The fraction of sp³-hybridized carbons (Fsp3) is 0.238. The van der Waals surface area contributed by atoms with Gasteiger partial charge in [0.1, 0.15) is 6.07 Å². The lowest BCUT2D eigenvalue weighted by Gasteiger charge is -2.17. The summed E-state index contributed by atoms with van der Waals surface area (Å²) in [7, 11) is 0. The van der Waals surface area contributed by atoms with Gasteiger partial charge in [-0.15, -0.1) is 0 Å². The molecule has 0 saturated carbocycles. The Morgan fingerprint density at radius 2 is 2.00 bits per heavy atom. The van der Waals surface area contributed by atoms with E-state index in [4.69, 9.17) is 10.00 Å². The van der Waals surface area contributed by atoms with Crippen LogP contribution in [-0.4, -0.2) is 30.4 Å². The molecule has 0 spiro atoms. The van der Waals surface area contributed by atoms with Crippen LogP contribution in [0.3, 0.4) is 0 Å². The quantitative estimate of drug-likeness (QED) is 0.808. The van der Waals surface area contributed by atoms with Gasteiger partial charge in [0.25, 0.3) is 5.91 Å². The molecule has 7 heteroatoms. The molecule has 1 heterocycles. The first kappa shape index (κ1) is 19.1. The predicted molar refractivity (Wildman–Crippen MR) is 103 cm³/mol. The number of esters is 1. The SMILES string of the molecule is C[C@H](OC(=O)c1cccc(N2CCCC2=O)c1)C(=O)Nc1ccccc1C#N. The highest BCUT2D eigenvalue weighted by Crippen LogP contribution is 2.23. The maximum Gasteiger partial charge on any atom is 0.338 e. The first-order valence-electron chi connectivity index (χ1n) is 8.91. The lowest BCUT2D eigenvalue weighted by atomic mass is 10.2. The van der Waals surface area contributed by atoms with Crippen LogP contribution >= 0.6 is 0 Å². The van der Waals surface area contributed by atoms with Gasteiger partial charge in [-0.3, -0.25) is 9.59 Å². The summed E-state index contributed by atoms with van der Waals surface area (Å²) < 4.78 is 5.25. The Balaban J connectivity index is 1.66. The van der Waals surface area contributed by atoms with Gasteiger partial charge in [0.2, 0.25) is 5.91 Å². The lowest BCUT2D eigenvalue weighted by Crippen LogP contribution is -2.30. The summed E-state index contributed by atoms with van der Waals surface area (Å²) in [6.07, 6.45) is 0.224. The maximum atomic E-state index is 12.4. The third-order valence-electron chi connectivity index (χ3n) is 4.43. The molecule has 1 atom stereocenters. The predicted octanol–water partition coefficient (Wildman–Crippen LogP) is 2.87. The second kappa shape index (κ2) is 8.35. The fourth-order valence-electron chi connectivity index (χ4n) is 2.93. The number of rotatable bonds is 5. The Morgan fingerprint density at radius 3 is 2.71 bits per heavy atom. The third-order valence-corrected chi connectivity index (χ3v) is 4.43. The Morgan fingerprint density at radius 1 is 1.21 bits per heavy atom. The molecule has 142 valence electrons. The number of hydrogen-bond donors (Lipinski definition) is 1. The number of carbonyl (C=O) groups excluding carboxylic acids is 3. The van der Waals surface area contributed by atoms with Gasteiger partial charge in [0.15, 0.2) is 6.10 Å². The van der Waals surface area contributed by atoms with E-state index < -0.39 is 18.0 Å². The van der Waals surface area contributed by atoms with E-state index in [-0.39, 0.29) is 11.5 Å². The highest BCUT2D eigenvalue weighted by Gasteiger charge is 2.24. The van der Waals surface area contributed by atoms with Crippen LogP contribution in [0, 0.1) is 11.3 Å². The second-order valence-corrected chi connectivity index (χ2v) is 6.39. The smallest absolute Gasteiger partial charge is 0.338 e. The van der Waals surface area contributed by atoms with Gasteiger partial charge in [-0.2, -0.15) is 5.26 Å². The zero-order valence-electron chi connectivity index (χ0n) is 15.3. The molecule has 2 aromatic carbocycles. The van der Waals surface area contributed by atoms with Gasteiger partial charge in [0.05, 0.1) is 16.8 Å². The molecule has 28 heavy (non-hydrogen) atoms. The van der Waals surface area contributed by atoms with Gasteiger partial charge in [-0.1, -0.05) is 18.2 Å². The zero-order chi connectivity index (χ0) is 20.1. The number of nitrogens with one attached hydrogen (secondary N) is 1. The van der Waals surface area contributed by atoms with E-state index in [1.165, 1.54) is 6.92 Å². The number of amides is 2. The Bertz CT molecular complexity index is 964. The van der Waals surface area contributed by atoms with Crippen molar-refractivity contribution in [2.45, 2.75) is 25.9 Å². The lowest BCUT2D eigenvalue weighted by molar-refractivity contribution is -0.123. The summed E-state index contributed by atoms with van der Waals surface area (Å²) in [5.41, 5.74) is 1.57. The average molecular weight is 377 g/mol. The van der Waals surface area contributed by atoms with Crippen molar-refractivity contribution in [3.8, 4) is 6.07 Å². The number of ether oxygens (including phenoxy) is 1. The van der Waals surface area contributed by atoms with E-state index >= 15 is 0 Å². The molecule has 0 radical (unpaired) electrons. The Kier molecular flexibility index (Phi) is 5.70. The van der Waals surface area contributed by atoms with Crippen molar-refractivity contribution in [2.75, 3.05) is 16.8 Å². The molecular weight excluding hydrogens is 358 g/mol. The topological polar surface area (TPSA) is 99.5 Å².